The molecule has 0 saturated heterocycles. The van der Waals surface area contributed by atoms with Gasteiger partial charge in [-0.3, -0.25) is 9.59 Å². The maximum Gasteiger partial charge on any atom is 0.270 e. The van der Waals surface area contributed by atoms with E-state index in [9.17, 15) is 9.59 Å². The number of rotatable bonds is 4. The molecule has 0 spiro atoms. The van der Waals surface area contributed by atoms with Crippen molar-refractivity contribution in [1.29, 1.82) is 0 Å². The van der Waals surface area contributed by atoms with Crippen LogP contribution in [0.2, 0.25) is 0 Å². The topological polar surface area (TPSA) is 71.1 Å². The first-order valence-corrected chi connectivity index (χ1v) is 7.65. The highest BCUT2D eigenvalue weighted by Crippen LogP contribution is 2.17. The first kappa shape index (κ1) is 15.5. The van der Waals surface area contributed by atoms with Gasteiger partial charge in [0.15, 0.2) is 0 Å². The predicted octanol–water partition coefficient (Wildman–Crippen LogP) is 2.28. The van der Waals surface area contributed by atoms with Crippen LogP contribution in [0.4, 0.5) is 0 Å². The molecule has 0 aromatic carbocycles. The second-order valence-electron chi connectivity index (χ2n) is 5.84. The Kier molecular flexibility index (Phi) is 5.31. The molecule has 2 N–H and O–H groups in total. The summed E-state index contributed by atoms with van der Waals surface area (Å²) in [5.41, 5.74) is 0.581. The van der Waals surface area contributed by atoms with Gasteiger partial charge in [0, 0.05) is 12.1 Å². The molecule has 1 heterocycles. The Balaban J connectivity index is 2.02. The number of hydrogen-bond acceptors (Lipinski definition) is 3. The van der Waals surface area contributed by atoms with Crippen LogP contribution in [0.1, 0.15) is 66.9 Å². The summed E-state index contributed by atoms with van der Waals surface area (Å²) in [6.45, 7) is 3.77. The molecule has 5 heteroatoms. The summed E-state index contributed by atoms with van der Waals surface area (Å²) >= 11 is 0. The number of hydrogen-bond donors (Lipinski definition) is 2. The minimum atomic E-state index is -0.252. The maximum absolute atomic E-state index is 12.2. The monoisotopic (exact) mass is 289 g/mol. The first-order valence-electron chi connectivity index (χ1n) is 7.65. The van der Waals surface area contributed by atoms with Crippen LogP contribution in [0.3, 0.4) is 0 Å². The van der Waals surface area contributed by atoms with Crippen LogP contribution < -0.4 is 10.6 Å². The molecule has 5 nitrogen and oxygen atoms in total. The smallest absolute Gasteiger partial charge is 0.270 e. The molecule has 1 aliphatic carbocycles. The van der Waals surface area contributed by atoms with Gasteiger partial charge in [-0.15, -0.1) is 0 Å². The Morgan fingerprint density at radius 2 is 1.71 bits per heavy atom. The highest BCUT2D eigenvalue weighted by Gasteiger charge is 2.18. The minimum Gasteiger partial charge on any atom is -0.349 e. The molecule has 1 aromatic rings. The molecule has 1 fully saturated rings. The second-order valence-corrected chi connectivity index (χ2v) is 5.84. The average molecular weight is 289 g/mol. The summed E-state index contributed by atoms with van der Waals surface area (Å²) in [5.74, 6) is -0.446. The summed E-state index contributed by atoms with van der Waals surface area (Å²) in [4.78, 5) is 28.3. The quantitative estimate of drug-likeness (QED) is 0.893. The fraction of sp³-hybridized carbons (Fsp3) is 0.562. The van der Waals surface area contributed by atoms with Gasteiger partial charge in [0.25, 0.3) is 11.8 Å². The molecule has 1 saturated carbocycles. The highest BCUT2D eigenvalue weighted by atomic mass is 16.2. The van der Waals surface area contributed by atoms with Gasteiger partial charge in [-0.1, -0.05) is 25.3 Å². The number of amides is 2. The molecular formula is C16H23N3O2. The summed E-state index contributed by atoms with van der Waals surface area (Å²) in [5, 5.41) is 5.78. The van der Waals surface area contributed by atoms with Crippen molar-refractivity contribution in [3.8, 4) is 0 Å². The third kappa shape index (κ3) is 4.55. The average Bonchev–Trinajstić information content (AvgIpc) is 2.47. The van der Waals surface area contributed by atoms with Crippen LogP contribution in [0.15, 0.2) is 18.2 Å². The Morgan fingerprint density at radius 3 is 2.33 bits per heavy atom. The van der Waals surface area contributed by atoms with E-state index >= 15 is 0 Å². The predicted molar refractivity (Wildman–Crippen MR) is 81.2 cm³/mol. The van der Waals surface area contributed by atoms with Crippen LogP contribution in [-0.2, 0) is 0 Å². The molecule has 0 radical (unpaired) electrons. The number of pyridine rings is 1. The summed E-state index contributed by atoms with van der Waals surface area (Å²) in [7, 11) is 0. The van der Waals surface area contributed by atoms with E-state index in [4.69, 9.17) is 0 Å². The fourth-order valence-corrected chi connectivity index (χ4v) is 2.53. The van der Waals surface area contributed by atoms with Crippen molar-refractivity contribution < 1.29 is 9.59 Å². The van der Waals surface area contributed by atoms with Gasteiger partial charge < -0.3 is 10.6 Å². The van der Waals surface area contributed by atoms with E-state index in [2.05, 4.69) is 15.6 Å². The van der Waals surface area contributed by atoms with Gasteiger partial charge in [0.05, 0.1) is 0 Å². The van der Waals surface area contributed by atoms with E-state index in [-0.39, 0.29) is 29.6 Å². The van der Waals surface area contributed by atoms with Gasteiger partial charge in [-0.05, 0) is 38.8 Å². The lowest BCUT2D eigenvalue weighted by molar-refractivity contribution is 0.0921. The van der Waals surface area contributed by atoms with Crippen LogP contribution in [-0.4, -0.2) is 28.9 Å². The summed E-state index contributed by atoms with van der Waals surface area (Å²) < 4.78 is 0. The normalized spacial score (nSPS) is 15.8. The lowest BCUT2D eigenvalue weighted by atomic mass is 9.95. The van der Waals surface area contributed by atoms with Crippen LogP contribution in [0.25, 0.3) is 0 Å². The largest absolute Gasteiger partial charge is 0.349 e. The van der Waals surface area contributed by atoms with Crippen LogP contribution in [0, 0.1) is 0 Å². The Labute approximate surface area is 125 Å². The SMILES string of the molecule is CC(C)NC(=O)c1cccc(C(=O)NC2CCCCC2)n1. The summed E-state index contributed by atoms with van der Waals surface area (Å²) in [6, 6.07) is 5.23. The zero-order valence-corrected chi connectivity index (χ0v) is 12.7. The number of carbonyl (C=O) groups excluding carboxylic acids is 2. The third-order valence-electron chi connectivity index (χ3n) is 3.57. The zero-order chi connectivity index (χ0) is 15.2. The number of nitrogens with one attached hydrogen (secondary N) is 2. The molecule has 1 aliphatic rings. The minimum absolute atomic E-state index is 0.0408. The van der Waals surface area contributed by atoms with E-state index in [1.54, 1.807) is 18.2 Å². The van der Waals surface area contributed by atoms with E-state index in [0.29, 0.717) is 5.69 Å². The van der Waals surface area contributed by atoms with Gasteiger partial charge in [0.2, 0.25) is 0 Å². The summed E-state index contributed by atoms with van der Waals surface area (Å²) in [6.07, 6.45) is 5.62. The van der Waals surface area contributed by atoms with Crippen molar-refractivity contribution in [3.63, 3.8) is 0 Å². The van der Waals surface area contributed by atoms with E-state index in [0.717, 1.165) is 25.7 Å². The fourth-order valence-electron chi connectivity index (χ4n) is 2.53. The Bertz CT molecular complexity index is 508. The molecule has 2 rings (SSSR count). The zero-order valence-electron chi connectivity index (χ0n) is 12.7. The van der Waals surface area contributed by atoms with Gasteiger partial charge in [-0.25, -0.2) is 4.98 Å². The molecule has 0 aliphatic heterocycles. The van der Waals surface area contributed by atoms with Crippen molar-refractivity contribution >= 4 is 11.8 Å². The molecule has 1 aromatic heterocycles. The van der Waals surface area contributed by atoms with Gasteiger partial charge >= 0.3 is 0 Å². The molecular weight excluding hydrogens is 266 g/mol. The van der Waals surface area contributed by atoms with Crippen LogP contribution in [0.5, 0.6) is 0 Å². The second kappa shape index (κ2) is 7.20. The van der Waals surface area contributed by atoms with Gasteiger partial charge in [-0.2, -0.15) is 0 Å². The Hall–Kier alpha value is -1.91. The Morgan fingerprint density at radius 1 is 1.10 bits per heavy atom. The van der Waals surface area contributed by atoms with Crippen molar-refractivity contribution in [2.75, 3.05) is 0 Å². The van der Waals surface area contributed by atoms with E-state index < -0.39 is 0 Å². The van der Waals surface area contributed by atoms with Crippen molar-refractivity contribution in [1.82, 2.24) is 15.6 Å². The third-order valence-corrected chi connectivity index (χ3v) is 3.57. The molecule has 0 bridgehead atoms. The van der Waals surface area contributed by atoms with Gasteiger partial charge in [0.1, 0.15) is 11.4 Å². The maximum atomic E-state index is 12.2. The van der Waals surface area contributed by atoms with Crippen molar-refractivity contribution in [2.24, 2.45) is 0 Å². The van der Waals surface area contributed by atoms with Crippen LogP contribution >= 0.6 is 0 Å². The molecule has 0 atom stereocenters. The number of nitrogens with zero attached hydrogens (tertiary/aromatic N) is 1. The molecule has 114 valence electrons. The standard InChI is InChI=1S/C16H23N3O2/c1-11(2)17-15(20)13-9-6-10-14(19-13)16(21)18-12-7-4-3-5-8-12/h6,9-12H,3-5,7-8H2,1-2H3,(H,17,20)(H,18,21). The van der Waals surface area contributed by atoms with E-state index in [1.165, 1.54) is 6.42 Å². The lowest BCUT2D eigenvalue weighted by Gasteiger charge is -2.22. The number of aromatic nitrogens is 1. The number of carbonyl (C=O) groups is 2. The molecule has 2 amide bonds. The highest BCUT2D eigenvalue weighted by molar-refractivity contribution is 5.96. The van der Waals surface area contributed by atoms with Crippen molar-refractivity contribution in [2.45, 2.75) is 58.0 Å². The van der Waals surface area contributed by atoms with E-state index in [1.807, 2.05) is 13.8 Å². The van der Waals surface area contributed by atoms with Crippen molar-refractivity contribution in [3.05, 3.63) is 29.6 Å². The molecule has 0 unspecified atom stereocenters. The first-order chi connectivity index (χ1) is 10.1. The lowest BCUT2D eigenvalue weighted by Crippen LogP contribution is -2.37. The molecule has 21 heavy (non-hydrogen) atoms.